The van der Waals surface area contributed by atoms with E-state index >= 15 is 0 Å². The van der Waals surface area contributed by atoms with Crippen LogP contribution >= 0.6 is 0 Å². The molecule has 21 heteroatoms. The van der Waals surface area contributed by atoms with Crippen molar-refractivity contribution in [3.8, 4) is 0 Å². The minimum Gasteiger partial charge on any atom is -0.481 e. The van der Waals surface area contributed by atoms with Gasteiger partial charge in [-0.1, -0.05) is 6.92 Å². The minimum atomic E-state index is -5.69. The number of carboxylic acids is 4. The van der Waals surface area contributed by atoms with E-state index in [1.54, 1.807) is 0 Å². The Bertz CT molecular complexity index is 1080. The molecule has 0 aliphatic carbocycles. The van der Waals surface area contributed by atoms with Gasteiger partial charge in [0.2, 0.25) is 0 Å². The lowest BCUT2D eigenvalue weighted by Gasteiger charge is -2.19. The molecule has 33 heavy (non-hydrogen) atoms. The molecule has 0 fully saturated rings. The highest BCUT2D eigenvalue weighted by atomic mass is 32.2. The van der Waals surface area contributed by atoms with E-state index < -0.39 is 96.6 Å². The van der Waals surface area contributed by atoms with Crippen molar-refractivity contribution < 1.29 is 77.2 Å². The van der Waals surface area contributed by atoms with E-state index in [0.717, 1.165) is 13.8 Å². The Labute approximate surface area is 187 Å². The van der Waals surface area contributed by atoms with Crippen molar-refractivity contribution in [1.82, 2.24) is 0 Å². The van der Waals surface area contributed by atoms with Crippen LogP contribution in [0.5, 0.6) is 0 Å². The minimum absolute atomic E-state index is 0.671. The van der Waals surface area contributed by atoms with E-state index in [1.165, 1.54) is 0 Å². The molecule has 3 unspecified atom stereocenters. The van der Waals surface area contributed by atoms with Crippen molar-refractivity contribution in [2.75, 3.05) is 0 Å². The summed E-state index contributed by atoms with van der Waals surface area (Å²) in [6.07, 6.45) is -3.42. The smallest absolute Gasteiger partial charge is 0.481 e. The van der Waals surface area contributed by atoms with E-state index in [2.05, 4.69) is 12.3 Å². The van der Waals surface area contributed by atoms with Crippen molar-refractivity contribution in [3.05, 3.63) is 0 Å². The molecular formula is C12H19BO17S3. The van der Waals surface area contributed by atoms with E-state index in [9.17, 15) is 44.4 Å². The Kier molecular flexibility index (Phi) is 10.9. The fraction of sp³-hybridized carbons (Fsp3) is 0.667. The summed E-state index contributed by atoms with van der Waals surface area (Å²) >= 11 is 0. The molecule has 0 saturated carbocycles. The maximum Gasteiger partial charge on any atom is 0.684 e. The number of hydrogen-bond donors (Lipinski definition) is 4. The molecule has 190 valence electrons. The summed E-state index contributed by atoms with van der Waals surface area (Å²) < 4.78 is 85.3. The van der Waals surface area contributed by atoms with Crippen LogP contribution in [0.2, 0.25) is 0 Å². The van der Waals surface area contributed by atoms with Gasteiger partial charge >= 0.3 is 31.2 Å². The van der Waals surface area contributed by atoms with Gasteiger partial charge in [-0.3, -0.25) is 31.5 Å². The van der Waals surface area contributed by atoms with Crippen molar-refractivity contribution >= 4 is 61.6 Å². The third-order valence-electron chi connectivity index (χ3n) is 3.57. The van der Waals surface area contributed by atoms with Crippen LogP contribution in [0.4, 0.5) is 0 Å². The summed E-state index contributed by atoms with van der Waals surface area (Å²) in [6, 6.07) is 0. The first-order chi connectivity index (χ1) is 14.8. The Morgan fingerprint density at radius 1 is 0.697 bits per heavy atom. The molecule has 0 aromatic rings. The molecule has 0 radical (unpaired) electrons. The molecule has 0 aromatic carbocycles. The largest absolute Gasteiger partial charge is 0.684 e. The first-order valence-electron chi connectivity index (χ1n) is 8.42. The number of carboxylic acid groups (broad SMARTS) is 4. The maximum absolute atomic E-state index is 12.2. The van der Waals surface area contributed by atoms with Gasteiger partial charge in [-0.25, -0.2) is 8.42 Å². The molecule has 0 aliphatic heterocycles. The van der Waals surface area contributed by atoms with E-state index in [4.69, 9.17) is 20.4 Å². The maximum atomic E-state index is 12.2. The topological polar surface area (TPSA) is 279 Å². The van der Waals surface area contributed by atoms with Crippen LogP contribution < -0.4 is 0 Å². The van der Waals surface area contributed by atoms with Crippen molar-refractivity contribution in [2.45, 2.75) is 48.9 Å². The molecule has 0 aromatic heterocycles. The van der Waals surface area contributed by atoms with Crippen LogP contribution in [-0.4, -0.2) is 92.6 Å². The Morgan fingerprint density at radius 3 is 1.39 bits per heavy atom. The summed E-state index contributed by atoms with van der Waals surface area (Å²) in [5, 5.41) is 28.0. The summed E-state index contributed by atoms with van der Waals surface area (Å²) in [5.74, 6) is -7.92. The zero-order valence-corrected chi connectivity index (χ0v) is 19.2. The molecule has 0 aliphatic rings. The average molecular weight is 542 g/mol. The molecule has 4 N–H and O–H groups in total. The second-order valence-electron chi connectivity index (χ2n) is 6.12. The summed E-state index contributed by atoms with van der Waals surface area (Å²) in [7, 11) is -19.7. The number of hydrogen-bond acceptors (Lipinski definition) is 13. The number of carbonyl (C=O) groups is 4. The molecule has 0 amide bonds. The van der Waals surface area contributed by atoms with Crippen LogP contribution in [0.1, 0.15) is 33.1 Å². The average Bonchev–Trinajstić information content (AvgIpc) is 2.56. The van der Waals surface area contributed by atoms with E-state index in [1.807, 2.05) is 0 Å². The van der Waals surface area contributed by atoms with Gasteiger partial charge in [-0.15, -0.1) is 0 Å². The predicted molar refractivity (Wildman–Crippen MR) is 103 cm³/mol. The molecule has 0 bridgehead atoms. The lowest BCUT2D eigenvalue weighted by atomic mass is 10.3. The Balaban J connectivity index is 6.32. The third-order valence-corrected chi connectivity index (χ3v) is 8.30. The van der Waals surface area contributed by atoms with Gasteiger partial charge in [0.15, 0.2) is 10.5 Å². The second kappa shape index (κ2) is 11.7. The lowest BCUT2D eigenvalue weighted by Crippen LogP contribution is -2.44. The first kappa shape index (κ1) is 30.7. The van der Waals surface area contributed by atoms with Gasteiger partial charge in [-0.2, -0.15) is 16.8 Å². The highest BCUT2D eigenvalue weighted by Crippen LogP contribution is 2.19. The zero-order chi connectivity index (χ0) is 26.4. The predicted octanol–water partition coefficient (Wildman–Crippen LogP) is -2.34. The van der Waals surface area contributed by atoms with Gasteiger partial charge in [0, 0.05) is 0 Å². The number of aliphatic carboxylic acids is 4. The van der Waals surface area contributed by atoms with Gasteiger partial charge in [0.1, 0.15) is 0 Å². The van der Waals surface area contributed by atoms with Crippen LogP contribution in [0.25, 0.3) is 0 Å². The Hall–Kier alpha value is -2.33. The first-order valence-corrected chi connectivity index (χ1v) is 12.8. The normalized spacial score (nSPS) is 15.2. The molecular weight excluding hydrogens is 523 g/mol. The van der Waals surface area contributed by atoms with Gasteiger partial charge in [-0.05, 0) is 13.3 Å². The zero-order valence-electron chi connectivity index (χ0n) is 16.8. The highest BCUT2D eigenvalue weighted by Gasteiger charge is 2.47. The van der Waals surface area contributed by atoms with Gasteiger partial charge < -0.3 is 20.4 Å². The molecule has 0 rings (SSSR count). The third kappa shape index (κ3) is 9.59. The van der Waals surface area contributed by atoms with Crippen LogP contribution in [0.15, 0.2) is 0 Å². The molecule has 3 atom stereocenters. The van der Waals surface area contributed by atoms with Crippen molar-refractivity contribution in [1.29, 1.82) is 0 Å². The molecule has 0 spiro atoms. The summed E-state index contributed by atoms with van der Waals surface area (Å²) in [5.41, 5.74) is 0. The fourth-order valence-corrected chi connectivity index (χ4v) is 5.02. The standard InChI is InChI=1S/C12H19BO17S3/c1-3-7(11(18)19)32(24,25)29-13(28-31(22,23)6(2)4-9(14)15)30-33(26,27)8(12(20)21)5-10(16)17/h6-8H,3-5H2,1-2H3,(H,14,15)(H,16,17)(H,18,19)(H,20,21). The van der Waals surface area contributed by atoms with Crippen molar-refractivity contribution in [3.63, 3.8) is 0 Å². The quantitative estimate of drug-likeness (QED) is 0.149. The van der Waals surface area contributed by atoms with Crippen molar-refractivity contribution in [2.24, 2.45) is 0 Å². The van der Waals surface area contributed by atoms with E-state index in [0.29, 0.717) is 0 Å². The van der Waals surface area contributed by atoms with E-state index in [-0.39, 0.29) is 0 Å². The van der Waals surface area contributed by atoms with Crippen LogP contribution in [0, 0.1) is 0 Å². The second-order valence-corrected chi connectivity index (χ2v) is 11.6. The molecule has 0 saturated heterocycles. The van der Waals surface area contributed by atoms with Gasteiger partial charge in [0.05, 0.1) is 18.1 Å². The summed E-state index contributed by atoms with van der Waals surface area (Å²) in [6.45, 7) is 1.80. The molecule has 17 nitrogen and oxygen atoms in total. The van der Waals surface area contributed by atoms with Crippen LogP contribution in [0.3, 0.4) is 0 Å². The highest BCUT2D eigenvalue weighted by molar-refractivity contribution is 7.91. The molecule has 0 heterocycles. The monoisotopic (exact) mass is 542 g/mol. The lowest BCUT2D eigenvalue weighted by molar-refractivity contribution is -0.143. The van der Waals surface area contributed by atoms with Gasteiger partial charge in [0.25, 0.3) is 30.4 Å². The number of rotatable bonds is 16. The summed E-state index contributed by atoms with van der Waals surface area (Å²) in [4.78, 5) is 43.7. The Morgan fingerprint density at radius 2 is 1.06 bits per heavy atom. The van der Waals surface area contributed by atoms with Crippen LogP contribution in [-0.2, 0) is 61.8 Å². The SMILES string of the molecule is CCC(C(=O)O)S(=O)(=O)OB(OS(=O)(=O)C(C)CC(=O)O)OS(=O)(=O)C(CC(=O)O)C(=O)O. The fourth-order valence-electron chi connectivity index (χ4n) is 1.93.